The lowest BCUT2D eigenvalue weighted by Gasteiger charge is -2.19. The molecule has 1 heterocycles. The Morgan fingerprint density at radius 1 is 1.24 bits per heavy atom. The topological polar surface area (TPSA) is 29.9 Å². The van der Waals surface area contributed by atoms with Crippen LogP contribution in [0.4, 0.5) is 4.39 Å². The largest absolute Gasteiger partial charge is 0.308 e. The van der Waals surface area contributed by atoms with Crippen molar-refractivity contribution in [2.75, 3.05) is 12.3 Å². The van der Waals surface area contributed by atoms with Crippen LogP contribution in [0.5, 0.6) is 0 Å². The number of nitrogens with zero attached hydrogens (tertiary/aromatic N) is 2. The Kier molecular flexibility index (Phi) is 6.26. The molecule has 2 rings (SSSR count). The molecule has 0 aliphatic rings. The lowest BCUT2D eigenvalue weighted by Crippen LogP contribution is -2.25. The fourth-order valence-electron chi connectivity index (χ4n) is 2.24. The van der Waals surface area contributed by atoms with Crippen LogP contribution in [0.2, 0.25) is 0 Å². The van der Waals surface area contributed by atoms with Crippen molar-refractivity contribution in [3.05, 3.63) is 48.0 Å². The van der Waals surface area contributed by atoms with Crippen LogP contribution in [0.25, 0.3) is 0 Å². The van der Waals surface area contributed by atoms with Crippen molar-refractivity contribution in [1.29, 1.82) is 0 Å². The van der Waals surface area contributed by atoms with Gasteiger partial charge in [-0.15, -0.1) is 11.8 Å². The first-order valence-corrected chi connectivity index (χ1v) is 8.36. The Labute approximate surface area is 129 Å². The average Bonchev–Trinajstić information content (AvgIpc) is 2.94. The summed E-state index contributed by atoms with van der Waals surface area (Å²) in [5.41, 5.74) is 1.22. The predicted octanol–water partition coefficient (Wildman–Crippen LogP) is 3.88. The molecule has 0 radical (unpaired) electrons. The third-order valence-electron chi connectivity index (χ3n) is 3.22. The monoisotopic (exact) mass is 307 g/mol. The van der Waals surface area contributed by atoms with Gasteiger partial charge in [0.25, 0.3) is 0 Å². The van der Waals surface area contributed by atoms with E-state index in [0.29, 0.717) is 0 Å². The SMILES string of the molecule is CCCn1nccc1C(CSc1ccc(F)cc1)NCC. The highest BCUT2D eigenvalue weighted by atomic mass is 32.2. The summed E-state index contributed by atoms with van der Waals surface area (Å²) in [6.07, 6.45) is 2.93. The highest BCUT2D eigenvalue weighted by Gasteiger charge is 2.15. The van der Waals surface area contributed by atoms with Gasteiger partial charge in [-0.3, -0.25) is 4.68 Å². The fraction of sp³-hybridized carbons (Fsp3) is 0.438. The number of aryl methyl sites for hydroxylation is 1. The van der Waals surface area contributed by atoms with Gasteiger partial charge < -0.3 is 5.32 Å². The second-order valence-corrected chi connectivity index (χ2v) is 5.95. The van der Waals surface area contributed by atoms with E-state index in [1.165, 1.54) is 17.8 Å². The van der Waals surface area contributed by atoms with E-state index in [-0.39, 0.29) is 11.9 Å². The van der Waals surface area contributed by atoms with Crippen molar-refractivity contribution < 1.29 is 4.39 Å². The summed E-state index contributed by atoms with van der Waals surface area (Å²) in [7, 11) is 0. The van der Waals surface area contributed by atoms with Crippen LogP contribution in [-0.4, -0.2) is 22.1 Å². The number of hydrogen-bond acceptors (Lipinski definition) is 3. The Hall–Kier alpha value is -1.33. The molecular formula is C16H22FN3S. The minimum Gasteiger partial charge on any atom is -0.308 e. The first-order chi connectivity index (χ1) is 10.2. The summed E-state index contributed by atoms with van der Waals surface area (Å²) >= 11 is 1.73. The van der Waals surface area contributed by atoms with Crippen LogP contribution < -0.4 is 5.32 Å². The maximum Gasteiger partial charge on any atom is 0.123 e. The molecule has 0 aliphatic heterocycles. The highest BCUT2D eigenvalue weighted by Crippen LogP contribution is 2.25. The molecule has 1 aromatic carbocycles. The van der Waals surface area contributed by atoms with Crippen LogP contribution in [0.1, 0.15) is 32.0 Å². The van der Waals surface area contributed by atoms with Crippen LogP contribution in [0.15, 0.2) is 41.4 Å². The molecule has 114 valence electrons. The van der Waals surface area contributed by atoms with E-state index in [0.717, 1.165) is 30.2 Å². The first kappa shape index (κ1) is 16.0. The van der Waals surface area contributed by atoms with Crippen LogP contribution in [0, 0.1) is 5.82 Å². The standard InChI is InChI=1S/C16H22FN3S/c1-3-11-20-16(9-10-19-20)15(18-4-2)12-21-14-7-5-13(17)6-8-14/h5-10,15,18H,3-4,11-12H2,1-2H3. The quantitative estimate of drug-likeness (QED) is 0.751. The summed E-state index contributed by atoms with van der Waals surface area (Å²) < 4.78 is 15.0. The molecule has 3 nitrogen and oxygen atoms in total. The average molecular weight is 307 g/mol. The van der Waals surface area contributed by atoms with E-state index in [1.54, 1.807) is 11.8 Å². The zero-order valence-corrected chi connectivity index (χ0v) is 13.4. The van der Waals surface area contributed by atoms with Gasteiger partial charge in [0, 0.05) is 23.4 Å². The smallest absolute Gasteiger partial charge is 0.123 e. The van der Waals surface area contributed by atoms with E-state index in [9.17, 15) is 4.39 Å². The maximum absolute atomic E-state index is 12.9. The predicted molar refractivity (Wildman–Crippen MR) is 86.1 cm³/mol. The first-order valence-electron chi connectivity index (χ1n) is 7.38. The lowest BCUT2D eigenvalue weighted by molar-refractivity contribution is 0.508. The molecule has 0 aliphatic carbocycles. The number of halogens is 1. The van der Waals surface area contributed by atoms with E-state index < -0.39 is 0 Å². The Morgan fingerprint density at radius 3 is 2.67 bits per heavy atom. The molecule has 1 unspecified atom stereocenters. The van der Waals surface area contributed by atoms with Crippen LogP contribution >= 0.6 is 11.8 Å². The molecule has 0 bridgehead atoms. The molecule has 0 fully saturated rings. The van der Waals surface area contributed by atoms with E-state index in [1.807, 2.05) is 18.3 Å². The van der Waals surface area contributed by atoms with Gasteiger partial charge in [-0.1, -0.05) is 13.8 Å². The Morgan fingerprint density at radius 2 is 2.00 bits per heavy atom. The Bertz CT molecular complexity index is 539. The number of aromatic nitrogens is 2. The number of hydrogen-bond donors (Lipinski definition) is 1. The van der Waals surface area contributed by atoms with Gasteiger partial charge in [-0.05, 0) is 43.3 Å². The molecule has 1 aromatic heterocycles. The molecule has 0 spiro atoms. The zero-order valence-electron chi connectivity index (χ0n) is 12.6. The zero-order chi connectivity index (χ0) is 15.1. The molecule has 0 saturated heterocycles. The molecule has 1 N–H and O–H groups in total. The maximum atomic E-state index is 12.9. The van der Waals surface area contributed by atoms with Crippen molar-refractivity contribution in [2.24, 2.45) is 0 Å². The van der Waals surface area contributed by atoms with Gasteiger partial charge in [0.15, 0.2) is 0 Å². The lowest BCUT2D eigenvalue weighted by atomic mass is 10.2. The summed E-state index contributed by atoms with van der Waals surface area (Å²) in [5, 5.41) is 7.90. The number of thioether (sulfide) groups is 1. The molecule has 5 heteroatoms. The van der Waals surface area contributed by atoms with Crippen LogP contribution in [-0.2, 0) is 6.54 Å². The van der Waals surface area contributed by atoms with Crippen molar-refractivity contribution in [3.8, 4) is 0 Å². The number of benzene rings is 1. The van der Waals surface area contributed by atoms with Crippen molar-refractivity contribution in [2.45, 2.75) is 37.8 Å². The number of rotatable bonds is 8. The highest BCUT2D eigenvalue weighted by molar-refractivity contribution is 7.99. The van der Waals surface area contributed by atoms with Gasteiger partial charge in [-0.2, -0.15) is 5.10 Å². The summed E-state index contributed by atoms with van der Waals surface area (Å²) in [6.45, 7) is 6.11. The molecule has 2 aromatic rings. The van der Waals surface area contributed by atoms with E-state index in [4.69, 9.17) is 0 Å². The number of nitrogens with one attached hydrogen (secondary N) is 1. The van der Waals surface area contributed by atoms with Gasteiger partial charge in [0.1, 0.15) is 5.82 Å². The molecular weight excluding hydrogens is 285 g/mol. The fourth-order valence-corrected chi connectivity index (χ4v) is 3.22. The minimum atomic E-state index is -0.191. The van der Waals surface area contributed by atoms with Crippen molar-refractivity contribution >= 4 is 11.8 Å². The van der Waals surface area contributed by atoms with Gasteiger partial charge >= 0.3 is 0 Å². The van der Waals surface area contributed by atoms with Crippen molar-refractivity contribution in [1.82, 2.24) is 15.1 Å². The minimum absolute atomic E-state index is 0.191. The summed E-state index contributed by atoms with van der Waals surface area (Å²) in [5.74, 6) is 0.707. The summed E-state index contributed by atoms with van der Waals surface area (Å²) in [6, 6.07) is 8.99. The molecule has 21 heavy (non-hydrogen) atoms. The Balaban J connectivity index is 2.04. The molecule has 0 saturated carbocycles. The third-order valence-corrected chi connectivity index (χ3v) is 4.33. The second-order valence-electron chi connectivity index (χ2n) is 4.85. The van der Waals surface area contributed by atoms with Gasteiger partial charge in [0.2, 0.25) is 0 Å². The second kappa shape index (κ2) is 8.20. The van der Waals surface area contributed by atoms with Crippen LogP contribution in [0.3, 0.4) is 0 Å². The van der Waals surface area contributed by atoms with Gasteiger partial charge in [0.05, 0.1) is 11.7 Å². The van der Waals surface area contributed by atoms with E-state index >= 15 is 0 Å². The van der Waals surface area contributed by atoms with Gasteiger partial charge in [-0.25, -0.2) is 4.39 Å². The summed E-state index contributed by atoms with van der Waals surface area (Å²) in [4.78, 5) is 1.08. The van der Waals surface area contributed by atoms with Crippen molar-refractivity contribution in [3.63, 3.8) is 0 Å². The molecule has 0 amide bonds. The normalized spacial score (nSPS) is 12.5. The molecule has 1 atom stereocenters. The van der Waals surface area contributed by atoms with E-state index in [2.05, 4.69) is 35.0 Å². The third kappa shape index (κ3) is 4.58.